The summed E-state index contributed by atoms with van der Waals surface area (Å²) in [5.74, 6) is -0.0943. The lowest BCUT2D eigenvalue weighted by Gasteiger charge is -2.14. The second kappa shape index (κ2) is 6.97. The summed E-state index contributed by atoms with van der Waals surface area (Å²) in [6.45, 7) is 3.94. The van der Waals surface area contributed by atoms with E-state index < -0.39 is 0 Å². The Labute approximate surface area is 126 Å². The van der Waals surface area contributed by atoms with Gasteiger partial charge in [0.2, 0.25) is 0 Å². The molecule has 2 heterocycles. The van der Waals surface area contributed by atoms with Gasteiger partial charge in [0.05, 0.1) is 10.6 Å². The zero-order valence-corrected chi connectivity index (χ0v) is 13.2. The molecule has 0 radical (unpaired) electrons. The van der Waals surface area contributed by atoms with Crippen LogP contribution >= 0.6 is 22.7 Å². The van der Waals surface area contributed by atoms with E-state index in [1.165, 1.54) is 11.3 Å². The first-order valence-electron chi connectivity index (χ1n) is 6.58. The van der Waals surface area contributed by atoms with Crippen molar-refractivity contribution in [3.8, 4) is 9.88 Å². The van der Waals surface area contributed by atoms with Gasteiger partial charge in [-0.05, 0) is 31.2 Å². The number of aliphatic hydroxyl groups excluding tert-OH is 1. The highest BCUT2D eigenvalue weighted by atomic mass is 32.1. The van der Waals surface area contributed by atoms with Crippen LogP contribution in [0.1, 0.15) is 35.1 Å². The third kappa shape index (κ3) is 3.45. The van der Waals surface area contributed by atoms with Gasteiger partial charge < -0.3 is 10.4 Å². The maximum Gasteiger partial charge on any atom is 0.263 e. The van der Waals surface area contributed by atoms with Gasteiger partial charge >= 0.3 is 0 Å². The maximum atomic E-state index is 12.3. The number of nitrogens with zero attached hydrogens (tertiary/aromatic N) is 1. The monoisotopic (exact) mass is 310 g/mol. The number of thiophene rings is 1. The minimum atomic E-state index is -0.0943. The van der Waals surface area contributed by atoms with Gasteiger partial charge in [0.25, 0.3) is 5.91 Å². The third-order valence-corrected chi connectivity index (χ3v) is 5.24. The Morgan fingerprint density at radius 2 is 2.35 bits per heavy atom. The van der Waals surface area contributed by atoms with Crippen molar-refractivity contribution in [2.24, 2.45) is 0 Å². The molecule has 0 aliphatic heterocycles. The van der Waals surface area contributed by atoms with Crippen molar-refractivity contribution in [1.29, 1.82) is 0 Å². The van der Waals surface area contributed by atoms with E-state index in [1.54, 1.807) is 11.3 Å². The van der Waals surface area contributed by atoms with Crippen LogP contribution in [-0.4, -0.2) is 28.6 Å². The van der Waals surface area contributed by atoms with Crippen molar-refractivity contribution in [1.82, 2.24) is 10.3 Å². The average molecular weight is 310 g/mol. The van der Waals surface area contributed by atoms with Crippen molar-refractivity contribution in [3.05, 3.63) is 28.1 Å². The molecule has 108 valence electrons. The Bertz CT molecular complexity index is 564. The normalized spacial score (nSPS) is 12.3. The van der Waals surface area contributed by atoms with Crippen LogP contribution in [0.25, 0.3) is 9.88 Å². The molecule has 2 rings (SSSR count). The summed E-state index contributed by atoms with van der Waals surface area (Å²) in [7, 11) is 0. The number of nitrogens with one attached hydrogen (secondary N) is 1. The van der Waals surface area contributed by atoms with Crippen LogP contribution in [0, 0.1) is 6.92 Å². The van der Waals surface area contributed by atoms with E-state index in [-0.39, 0.29) is 18.6 Å². The standard InChI is InChI=1S/C14H18N2O2S2/c1-3-10(6-7-17)16-13(18)12-9(2)15-14(20-12)11-5-4-8-19-11/h4-5,8,10,17H,3,6-7H2,1-2H3,(H,16,18). The van der Waals surface area contributed by atoms with Gasteiger partial charge in [0.15, 0.2) is 0 Å². The number of amides is 1. The topological polar surface area (TPSA) is 62.2 Å². The molecule has 2 aromatic rings. The summed E-state index contributed by atoms with van der Waals surface area (Å²) in [6.07, 6.45) is 1.39. The second-order valence-electron chi connectivity index (χ2n) is 4.50. The van der Waals surface area contributed by atoms with Crippen LogP contribution in [0.4, 0.5) is 0 Å². The second-order valence-corrected chi connectivity index (χ2v) is 6.45. The molecule has 0 spiro atoms. The number of thiazole rings is 1. The van der Waals surface area contributed by atoms with Crippen LogP contribution in [-0.2, 0) is 0 Å². The molecule has 0 saturated carbocycles. The fourth-order valence-electron chi connectivity index (χ4n) is 1.90. The van der Waals surface area contributed by atoms with Crippen LogP contribution in [0.2, 0.25) is 0 Å². The number of rotatable bonds is 6. The summed E-state index contributed by atoms with van der Waals surface area (Å²) in [4.78, 5) is 18.5. The van der Waals surface area contributed by atoms with Gasteiger partial charge in [-0.1, -0.05) is 13.0 Å². The van der Waals surface area contributed by atoms with Crippen LogP contribution < -0.4 is 5.32 Å². The number of carbonyl (C=O) groups is 1. The highest BCUT2D eigenvalue weighted by Gasteiger charge is 2.18. The molecule has 0 fully saturated rings. The summed E-state index contributed by atoms with van der Waals surface area (Å²) in [6, 6.07) is 4.00. The van der Waals surface area contributed by atoms with E-state index in [9.17, 15) is 4.79 Å². The molecule has 2 aromatic heterocycles. The molecule has 1 atom stereocenters. The number of aliphatic hydroxyl groups is 1. The van der Waals surface area contributed by atoms with E-state index in [1.807, 2.05) is 31.4 Å². The minimum Gasteiger partial charge on any atom is -0.396 e. The highest BCUT2D eigenvalue weighted by molar-refractivity contribution is 7.22. The zero-order chi connectivity index (χ0) is 14.5. The van der Waals surface area contributed by atoms with E-state index >= 15 is 0 Å². The number of aromatic nitrogens is 1. The van der Waals surface area contributed by atoms with E-state index in [0.29, 0.717) is 11.3 Å². The minimum absolute atomic E-state index is 0.0131. The summed E-state index contributed by atoms with van der Waals surface area (Å²) in [5, 5.41) is 14.8. The maximum absolute atomic E-state index is 12.3. The number of carbonyl (C=O) groups excluding carboxylic acids is 1. The van der Waals surface area contributed by atoms with Crippen molar-refractivity contribution < 1.29 is 9.90 Å². The first-order chi connectivity index (χ1) is 9.65. The lowest BCUT2D eigenvalue weighted by molar-refractivity contribution is 0.0932. The predicted octanol–water partition coefficient (Wildman–Crippen LogP) is 3.07. The molecular formula is C14H18N2O2S2. The largest absolute Gasteiger partial charge is 0.396 e. The lowest BCUT2D eigenvalue weighted by atomic mass is 10.1. The van der Waals surface area contributed by atoms with Gasteiger partial charge in [-0.25, -0.2) is 4.98 Å². The van der Waals surface area contributed by atoms with E-state index in [0.717, 1.165) is 22.0 Å². The zero-order valence-electron chi connectivity index (χ0n) is 11.5. The molecule has 0 aromatic carbocycles. The summed E-state index contributed by atoms with van der Waals surface area (Å²) in [5.41, 5.74) is 0.759. The molecule has 1 amide bonds. The molecule has 2 N–H and O–H groups in total. The Balaban J connectivity index is 2.14. The van der Waals surface area contributed by atoms with Crippen LogP contribution in [0.3, 0.4) is 0 Å². The first-order valence-corrected chi connectivity index (χ1v) is 8.28. The Morgan fingerprint density at radius 3 is 2.95 bits per heavy atom. The van der Waals surface area contributed by atoms with Crippen LogP contribution in [0.15, 0.2) is 17.5 Å². The lowest BCUT2D eigenvalue weighted by Crippen LogP contribution is -2.34. The Kier molecular flexibility index (Phi) is 5.28. The Hall–Kier alpha value is -1.24. The smallest absolute Gasteiger partial charge is 0.263 e. The Morgan fingerprint density at radius 1 is 1.55 bits per heavy atom. The number of hydrogen-bond donors (Lipinski definition) is 2. The third-order valence-electron chi connectivity index (χ3n) is 3.04. The summed E-state index contributed by atoms with van der Waals surface area (Å²) < 4.78 is 0. The van der Waals surface area contributed by atoms with Gasteiger partial charge in [0.1, 0.15) is 9.88 Å². The van der Waals surface area contributed by atoms with E-state index in [2.05, 4.69) is 10.3 Å². The van der Waals surface area contributed by atoms with Crippen molar-refractivity contribution in [3.63, 3.8) is 0 Å². The van der Waals surface area contributed by atoms with Crippen LogP contribution in [0.5, 0.6) is 0 Å². The van der Waals surface area contributed by atoms with Crippen molar-refractivity contribution >= 4 is 28.6 Å². The molecule has 4 nitrogen and oxygen atoms in total. The fourth-order valence-corrected chi connectivity index (χ4v) is 3.66. The predicted molar refractivity (Wildman–Crippen MR) is 83.4 cm³/mol. The fraction of sp³-hybridized carbons (Fsp3) is 0.429. The van der Waals surface area contributed by atoms with Gasteiger partial charge in [0, 0.05) is 12.6 Å². The molecule has 0 aliphatic rings. The molecule has 6 heteroatoms. The van der Waals surface area contributed by atoms with Gasteiger partial charge in [-0.15, -0.1) is 22.7 Å². The summed E-state index contributed by atoms with van der Waals surface area (Å²) >= 11 is 3.04. The SMILES string of the molecule is CCC(CCO)NC(=O)c1sc(-c2cccs2)nc1C. The number of aryl methyl sites for hydroxylation is 1. The van der Waals surface area contributed by atoms with E-state index in [4.69, 9.17) is 5.11 Å². The highest BCUT2D eigenvalue weighted by Crippen LogP contribution is 2.31. The average Bonchev–Trinajstić information content (AvgIpc) is 3.06. The molecule has 0 saturated heterocycles. The molecule has 20 heavy (non-hydrogen) atoms. The van der Waals surface area contributed by atoms with Crippen molar-refractivity contribution in [2.75, 3.05) is 6.61 Å². The van der Waals surface area contributed by atoms with Gasteiger partial charge in [-0.3, -0.25) is 4.79 Å². The molecular weight excluding hydrogens is 292 g/mol. The molecule has 0 bridgehead atoms. The van der Waals surface area contributed by atoms with Gasteiger partial charge in [-0.2, -0.15) is 0 Å². The number of hydrogen-bond acceptors (Lipinski definition) is 5. The molecule has 0 aliphatic carbocycles. The molecule has 1 unspecified atom stereocenters. The quantitative estimate of drug-likeness (QED) is 0.862. The van der Waals surface area contributed by atoms with Crippen molar-refractivity contribution in [2.45, 2.75) is 32.7 Å². The first kappa shape index (κ1) is 15.2.